The molecule has 0 bridgehead atoms. The molecule has 3 rings (SSSR count). The van der Waals surface area contributed by atoms with Crippen LogP contribution >= 0.6 is 11.6 Å². The van der Waals surface area contributed by atoms with Gasteiger partial charge in [0.05, 0.1) is 23.3 Å². The third kappa shape index (κ3) is 6.88. The number of hydrogen-bond acceptors (Lipinski definition) is 5. The highest BCUT2D eigenvalue weighted by molar-refractivity contribution is 6.33. The van der Waals surface area contributed by atoms with Gasteiger partial charge in [-0.25, -0.2) is 0 Å². The minimum atomic E-state index is -2.89. The maximum Gasteiger partial charge on any atom is 0.387 e. The molecule has 0 saturated carbocycles. The molecule has 1 saturated heterocycles. The summed E-state index contributed by atoms with van der Waals surface area (Å²) in [5, 5.41) is 6.08. The van der Waals surface area contributed by atoms with Gasteiger partial charge in [-0.05, 0) is 43.3 Å². The van der Waals surface area contributed by atoms with Crippen molar-refractivity contribution in [1.29, 1.82) is 0 Å². The van der Waals surface area contributed by atoms with Crippen LogP contribution in [0.15, 0.2) is 48.5 Å². The van der Waals surface area contributed by atoms with Crippen LogP contribution in [0, 0.1) is 0 Å². The number of nitrogens with zero attached hydrogens (tertiary/aromatic N) is 2. The summed E-state index contributed by atoms with van der Waals surface area (Å²) in [6, 6.07) is 12.5. The number of anilines is 2. The Balaban J connectivity index is 1.43. The lowest BCUT2D eigenvalue weighted by Crippen LogP contribution is -2.53. The van der Waals surface area contributed by atoms with Gasteiger partial charge < -0.3 is 15.4 Å². The fourth-order valence-corrected chi connectivity index (χ4v) is 3.58. The van der Waals surface area contributed by atoms with Gasteiger partial charge in [0.2, 0.25) is 11.8 Å². The average molecular weight is 467 g/mol. The second-order valence-corrected chi connectivity index (χ2v) is 7.82. The van der Waals surface area contributed by atoms with Crippen LogP contribution in [0.1, 0.15) is 6.92 Å². The first-order chi connectivity index (χ1) is 15.3. The molecule has 0 radical (unpaired) electrons. The minimum absolute atomic E-state index is 0.0285. The Labute approximate surface area is 190 Å². The average Bonchev–Trinajstić information content (AvgIpc) is 2.76. The van der Waals surface area contributed by atoms with Gasteiger partial charge in [0.25, 0.3) is 0 Å². The normalized spacial score (nSPS) is 15.9. The van der Waals surface area contributed by atoms with E-state index in [9.17, 15) is 18.4 Å². The molecule has 1 fully saturated rings. The van der Waals surface area contributed by atoms with Gasteiger partial charge in [-0.15, -0.1) is 0 Å². The summed E-state index contributed by atoms with van der Waals surface area (Å²) in [6.07, 6.45) is 0. The lowest BCUT2D eigenvalue weighted by atomic mass is 10.2. The minimum Gasteiger partial charge on any atom is -0.435 e. The van der Waals surface area contributed by atoms with Crippen molar-refractivity contribution in [1.82, 2.24) is 9.80 Å². The van der Waals surface area contributed by atoms with Crippen LogP contribution in [0.2, 0.25) is 5.02 Å². The predicted molar refractivity (Wildman–Crippen MR) is 119 cm³/mol. The number of ether oxygens (including phenoxy) is 1. The lowest BCUT2D eigenvalue weighted by Gasteiger charge is -2.37. The van der Waals surface area contributed by atoms with E-state index in [4.69, 9.17) is 11.6 Å². The summed E-state index contributed by atoms with van der Waals surface area (Å²) < 4.78 is 28.8. The van der Waals surface area contributed by atoms with Crippen molar-refractivity contribution < 1.29 is 23.1 Å². The van der Waals surface area contributed by atoms with Crippen LogP contribution in [0.4, 0.5) is 20.2 Å². The molecule has 10 heteroatoms. The van der Waals surface area contributed by atoms with Gasteiger partial charge >= 0.3 is 6.61 Å². The Hall–Kier alpha value is -2.75. The summed E-state index contributed by atoms with van der Waals surface area (Å²) in [4.78, 5) is 28.9. The van der Waals surface area contributed by atoms with Gasteiger partial charge in [-0.3, -0.25) is 19.4 Å². The quantitative estimate of drug-likeness (QED) is 0.622. The largest absolute Gasteiger partial charge is 0.435 e. The third-order valence-electron chi connectivity index (χ3n) is 5.20. The van der Waals surface area contributed by atoms with Gasteiger partial charge in [-0.2, -0.15) is 8.78 Å². The first kappa shape index (κ1) is 23.9. The molecule has 1 aliphatic rings. The van der Waals surface area contributed by atoms with E-state index in [2.05, 4.69) is 15.4 Å². The first-order valence-electron chi connectivity index (χ1n) is 10.2. The van der Waals surface area contributed by atoms with E-state index in [1.54, 1.807) is 24.3 Å². The Bertz CT molecular complexity index is 922. The molecule has 2 amide bonds. The number of rotatable bonds is 8. The number of para-hydroxylation sites is 1. The molecule has 0 spiro atoms. The number of alkyl halides is 2. The Morgan fingerprint density at radius 3 is 2.31 bits per heavy atom. The monoisotopic (exact) mass is 466 g/mol. The molecule has 0 aliphatic carbocycles. The second-order valence-electron chi connectivity index (χ2n) is 7.41. The van der Waals surface area contributed by atoms with E-state index in [-0.39, 0.29) is 30.2 Å². The van der Waals surface area contributed by atoms with Crippen LogP contribution in [-0.2, 0) is 9.59 Å². The summed E-state index contributed by atoms with van der Waals surface area (Å²) in [6.45, 7) is 1.72. The number of hydrogen-bond donors (Lipinski definition) is 2. The maximum atomic E-state index is 12.6. The van der Waals surface area contributed by atoms with E-state index < -0.39 is 6.61 Å². The molecule has 2 aromatic carbocycles. The highest BCUT2D eigenvalue weighted by Gasteiger charge is 2.26. The fourth-order valence-electron chi connectivity index (χ4n) is 3.40. The van der Waals surface area contributed by atoms with Gasteiger partial charge in [0.15, 0.2) is 0 Å². The molecule has 7 nitrogen and oxygen atoms in total. The molecular weight excluding hydrogens is 442 g/mol. The molecule has 1 aliphatic heterocycles. The van der Waals surface area contributed by atoms with E-state index in [1.165, 1.54) is 24.3 Å². The smallest absolute Gasteiger partial charge is 0.387 e. The fraction of sp³-hybridized carbons (Fsp3) is 0.364. The summed E-state index contributed by atoms with van der Waals surface area (Å²) in [7, 11) is 0. The van der Waals surface area contributed by atoms with Gasteiger partial charge in [-0.1, -0.05) is 23.7 Å². The van der Waals surface area contributed by atoms with Crippen molar-refractivity contribution in [2.75, 3.05) is 43.4 Å². The van der Waals surface area contributed by atoms with Crippen LogP contribution in [-0.4, -0.2) is 67.0 Å². The molecule has 1 atom stereocenters. The van der Waals surface area contributed by atoms with Crippen molar-refractivity contribution in [3.63, 3.8) is 0 Å². The van der Waals surface area contributed by atoms with Crippen LogP contribution < -0.4 is 15.4 Å². The van der Waals surface area contributed by atoms with E-state index in [0.29, 0.717) is 42.6 Å². The van der Waals surface area contributed by atoms with Crippen molar-refractivity contribution in [3.8, 4) is 5.75 Å². The number of halogens is 3. The zero-order chi connectivity index (χ0) is 23.1. The molecule has 1 unspecified atom stereocenters. The standard InChI is InChI=1S/C22H25ClF2N4O3/c1-15(21(31)26-16-6-8-17(9-7-16)32-22(24)25)29-12-10-28(11-13-29)14-20(30)27-19-5-3-2-4-18(19)23/h2-9,15,22H,10-14H2,1H3,(H,26,31)(H,27,30). The van der Waals surface area contributed by atoms with Gasteiger partial charge in [0.1, 0.15) is 5.75 Å². The van der Waals surface area contributed by atoms with E-state index in [1.807, 2.05) is 16.7 Å². The zero-order valence-electron chi connectivity index (χ0n) is 17.6. The number of nitrogens with one attached hydrogen (secondary N) is 2. The lowest BCUT2D eigenvalue weighted by molar-refractivity contribution is -0.122. The number of piperazine rings is 1. The molecule has 2 aromatic rings. The summed E-state index contributed by atoms with van der Waals surface area (Å²) >= 11 is 6.07. The number of amides is 2. The molecule has 2 N–H and O–H groups in total. The molecule has 32 heavy (non-hydrogen) atoms. The van der Waals surface area contributed by atoms with Crippen molar-refractivity contribution in [2.45, 2.75) is 19.6 Å². The summed E-state index contributed by atoms with van der Waals surface area (Å²) in [5.41, 5.74) is 1.08. The van der Waals surface area contributed by atoms with Gasteiger partial charge in [0, 0.05) is 31.9 Å². The second kappa shape index (κ2) is 11.2. The third-order valence-corrected chi connectivity index (χ3v) is 5.53. The Kier molecular flexibility index (Phi) is 8.38. The molecule has 0 aromatic heterocycles. The molecular formula is C22H25ClF2N4O3. The highest BCUT2D eigenvalue weighted by atomic mass is 35.5. The predicted octanol–water partition coefficient (Wildman–Crippen LogP) is 3.52. The topological polar surface area (TPSA) is 73.9 Å². The Morgan fingerprint density at radius 2 is 1.69 bits per heavy atom. The number of carbonyl (C=O) groups excluding carboxylic acids is 2. The Morgan fingerprint density at radius 1 is 1.03 bits per heavy atom. The van der Waals surface area contributed by atoms with E-state index in [0.717, 1.165) is 0 Å². The first-order valence-corrected chi connectivity index (χ1v) is 10.6. The van der Waals surface area contributed by atoms with Crippen LogP contribution in [0.3, 0.4) is 0 Å². The van der Waals surface area contributed by atoms with Crippen LogP contribution in [0.25, 0.3) is 0 Å². The highest BCUT2D eigenvalue weighted by Crippen LogP contribution is 2.21. The van der Waals surface area contributed by atoms with E-state index >= 15 is 0 Å². The number of carbonyl (C=O) groups is 2. The van der Waals surface area contributed by atoms with Crippen molar-refractivity contribution in [3.05, 3.63) is 53.6 Å². The SMILES string of the molecule is CC(C(=O)Nc1ccc(OC(F)F)cc1)N1CCN(CC(=O)Nc2ccccc2Cl)CC1. The van der Waals surface area contributed by atoms with Crippen LogP contribution in [0.5, 0.6) is 5.75 Å². The van der Waals surface area contributed by atoms with Crippen molar-refractivity contribution >= 4 is 34.8 Å². The maximum absolute atomic E-state index is 12.6. The summed E-state index contributed by atoms with van der Waals surface area (Å²) in [5.74, 6) is -0.310. The zero-order valence-corrected chi connectivity index (χ0v) is 18.3. The molecule has 1 heterocycles. The van der Waals surface area contributed by atoms with Crippen molar-refractivity contribution in [2.24, 2.45) is 0 Å². The number of benzene rings is 2. The molecule has 172 valence electrons.